The van der Waals surface area contributed by atoms with Gasteiger partial charge in [0, 0.05) is 6.42 Å². The molecule has 0 fully saturated rings. The van der Waals surface area contributed by atoms with E-state index in [-0.39, 0.29) is 12.3 Å². The van der Waals surface area contributed by atoms with Crippen LogP contribution in [0.15, 0.2) is 36.0 Å². The average Bonchev–Trinajstić information content (AvgIpc) is 2.26. The molecule has 0 aliphatic carbocycles. The number of rotatable bonds is 4. The van der Waals surface area contributed by atoms with Gasteiger partial charge in [-0.3, -0.25) is 4.79 Å². The number of carbonyl (C=O) groups excluding carboxylic acids is 1. The Balaban J connectivity index is 2.70. The Bertz CT molecular complexity index is 429. The SMILES string of the molecule is C=CCC(=O)N/N=C(\C)c1cccc(Cl)n1. The summed E-state index contributed by atoms with van der Waals surface area (Å²) in [5.74, 6) is -0.212. The van der Waals surface area contributed by atoms with E-state index in [1.165, 1.54) is 6.08 Å². The molecule has 1 aromatic heterocycles. The van der Waals surface area contributed by atoms with Crippen molar-refractivity contribution in [3.05, 3.63) is 41.7 Å². The van der Waals surface area contributed by atoms with Gasteiger partial charge in [-0.05, 0) is 19.1 Å². The fourth-order valence-corrected chi connectivity index (χ4v) is 1.15. The van der Waals surface area contributed by atoms with Crippen LogP contribution in [0.1, 0.15) is 19.0 Å². The maximum absolute atomic E-state index is 11.1. The van der Waals surface area contributed by atoms with Crippen molar-refractivity contribution in [1.29, 1.82) is 0 Å². The van der Waals surface area contributed by atoms with Gasteiger partial charge in [-0.1, -0.05) is 23.7 Å². The van der Waals surface area contributed by atoms with Crippen LogP contribution in [0, 0.1) is 0 Å². The summed E-state index contributed by atoms with van der Waals surface area (Å²) in [7, 11) is 0. The molecule has 5 heteroatoms. The van der Waals surface area contributed by atoms with Gasteiger partial charge in [0.2, 0.25) is 5.91 Å². The smallest absolute Gasteiger partial charge is 0.243 e. The zero-order chi connectivity index (χ0) is 12.0. The lowest BCUT2D eigenvalue weighted by Gasteiger charge is -2.01. The highest BCUT2D eigenvalue weighted by atomic mass is 35.5. The summed E-state index contributed by atoms with van der Waals surface area (Å²) in [5.41, 5.74) is 3.62. The van der Waals surface area contributed by atoms with Crippen molar-refractivity contribution in [2.75, 3.05) is 0 Å². The molecule has 0 radical (unpaired) electrons. The van der Waals surface area contributed by atoms with Crippen molar-refractivity contribution < 1.29 is 4.79 Å². The molecule has 0 aromatic carbocycles. The summed E-state index contributed by atoms with van der Waals surface area (Å²) in [6.07, 6.45) is 1.75. The molecule has 0 atom stereocenters. The third-order valence-electron chi connectivity index (χ3n) is 1.76. The number of amides is 1. The average molecular weight is 238 g/mol. The second kappa shape index (κ2) is 6.02. The van der Waals surface area contributed by atoms with Gasteiger partial charge in [0.15, 0.2) is 0 Å². The van der Waals surface area contributed by atoms with Crippen LogP contribution in [0.2, 0.25) is 5.15 Å². The highest BCUT2D eigenvalue weighted by molar-refractivity contribution is 6.29. The second-order valence-corrected chi connectivity index (χ2v) is 3.46. The summed E-state index contributed by atoms with van der Waals surface area (Å²) in [4.78, 5) is 15.2. The first-order chi connectivity index (χ1) is 7.63. The van der Waals surface area contributed by atoms with Crippen molar-refractivity contribution in [3.8, 4) is 0 Å². The molecule has 4 nitrogen and oxygen atoms in total. The van der Waals surface area contributed by atoms with Crippen LogP contribution in [0.4, 0.5) is 0 Å². The van der Waals surface area contributed by atoms with Crippen molar-refractivity contribution in [1.82, 2.24) is 10.4 Å². The lowest BCUT2D eigenvalue weighted by molar-refractivity contribution is -0.120. The van der Waals surface area contributed by atoms with Crippen LogP contribution >= 0.6 is 11.6 Å². The number of hydrogen-bond acceptors (Lipinski definition) is 3. The monoisotopic (exact) mass is 237 g/mol. The molecule has 1 aromatic rings. The first-order valence-electron chi connectivity index (χ1n) is 4.70. The third-order valence-corrected chi connectivity index (χ3v) is 1.97. The van der Waals surface area contributed by atoms with Gasteiger partial charge in [0.05, 0.1) is 11.4 Å². The minimum absolute atomic E-state index is 0.212. The molecule has 1 heterocycles. The Labute approximate surface area is 99.0 Å². The van der Waals surface area contributed by atoms with Gasteiger partial charge in [-0.25, -0.2) is 10.4 Å². The van der Waals surface area contributed by atoms with Gasteiger partial charge >= 0.3 is 0 Å². The number of halogens is 1. The number of hydrogen-bond donors (Lipinski definition) is 1. The van der Waals surface area contributed by atoms with E-state index in [1.807, 2.05) is 0 Å². The molecule has 1 rings (SSSR count). The first kappa shape index (κ1) is 12.4. The normalized spacial score (nSPS) is 11.0. The quantitative estimate of drug-likeness (QED) is 0.378. The summed E-state index contributed by atoms with van der Waals surface area (Å²) in [6, 6.07) is 5.22. The number of nitrogens with zero attached hydrogens (tertiary/aromatic N) is 2. The largest absolute Gasteiger partial charge is 0.273 e. The summed E-state index contributed by atoms with van der Waals surface area (Å²) >= 11 is 5.73. The van der Waals surface area contributed by atoms with E-state index in [0.29, 0.717) is 16.6 Å². The molecule has 0 bridgehead atoms. The topological polar surface area (TPSA) is 54.4 Å². The van der Waals surface area contributed by atoms with Crippen molar-refractivity contribution in [2.24, 2.45) is 5.10 Å². The number of carbonyl (C=O) groups is 1. The van der Waals surface area contributed by atoms with Crippen LogP contribution in [-0.4, -0.2) is 16.6 Å². The van der Waals surface area contributed by atoms with Crippen molar-refractivity contribution in [3.63, 3.8) is 0 Å². The van der Waals surface area contributed by atoms with Crippen LogP contribution < -0.4 is 5.43 Å². The molecule has 0 unspecified atom stereocenters. The predicted octanol–water partition coefficient (Wildman–Crippen LogP) is 2.15. The molecular formula is C11H12ClN3O. The zero-order valence-electron chi connectivity index (χ0n) is 8.90. The first-order valence-corrected chi connectivity index (χ1v) is 5.08. The molecule has 0 saturated heterocycles. The maximum Gasteiger partial charge on any atom is 0.243 e. The Hall–Kier alpha value is -1.68. The van der Waals surface area contributed by atoms with E-state index in [0.717, 1.165) is 0 Å². The van der Waals surface area contributed by atoms with E-state index >= 15 is 0 Å². The van der Waals surface area contributed by atoms with Crippen LogP contribution in [-0.2, 0) is 4.79 Å². The molecular weight excluding hydrogens is 226 g/mol. The molecule has 1 N–H and O–H groups in total. The van der Waals surface area contributed by atoms with E-state index < -0.39 is 0 Å². The summed E-state index contributed by atoms with van der Waals surface area (Å²) in [6.45, 7) is 5.20. The highest BCUT2D eigenvalue weighted by Crippen LogP contribution is 2.05. The molecule has 1 amide bonds. The van der Waals surface area contributed by atoms with Crippen LogP contribution in [0.5, 0.6) is 0 Å². The fraction of sp³-hybridized carbons (Fsp3) is 0.182. The minimum atomic E-state index is -0.212. The molecule has 0 spiro atoms. The summed E-state index contributed by atoms with van der Waals surface area (Å²) < 4.78 is 0. The number of hydrazone groups is 1. The van der Waals surface area contributed by atoms with Crippen molar-refractivity contribution in [2.45, 2.75) is 13.3 Å². The molecule has 0 aliphatic rings. The van der Waals surface area contributed by atoms with Crippen LogP contribution in [0.25, 0.3) is 0 Å². The number of aromatic nitrogens is 1. The van der Waals surface area contributed by atoms with Gasteiger partial charge in [-0.15, -0.1) is 6.58 Å². The molecule has 0 aliphatic heterocycles. The minimum Gasteiger partial charge on any atom is -0.273 e. The maximum atomic E-state index is 11.1. The number of nitrogens with one attached hydrogen (secondary N) is 1. The van der Waals surface area contributed by atoms with Gasteiger partial charge < -0.3 is 0 Å². The summed E-state index contributed by atoms with van der Waals surface area (Å²) in [5, 5.41) is 4.30. The van der Waals surface area contributed by atoms with Gasteiger partial charge in [0.25, 0.3) is 0 Å². The highest BCUT2D eigenvalue weighted by Gasteiger charge is 2.01. The molecule has 16 heavy (non-hydrogen) atoms. The van der Waals surface area contributed by atoms with Crippen LogP contribution in [0.3, 0.4) is 0 Å². The Morgan fingerprint density at radius 1 is 1.69 bits per heavy atom. The van der Waals surface area contributed by atoms with E-state index in [2.05, 4.69) is 22.1 Å². The Morgan fingerprint density at radius 2 is 2.44 bits per heavy atom. The Morgan fingerprint density at radius 3 is 3.06 bits per heavy atom. The second-order valence-electron chi connectivity index (χ2n) is 3.07. The molecule has 0 saturated carbocycles. The molecule has 84 valence electrons. The fourth-order valence-electron chi connectivity index (χ4n) is 0.990. The lowest BCUT2D eigenvalue weighted by atomic mass is 10.3. The standard InChI is InChI=1S/C11H12ClN3O/c1-3-5-11(16)15-14-8(2)9-6-4-7-10(12)13-9/h3-4,6-7H,1,5H2,2H3,(H,15,16)/b14-8+. The van der Waals surface area contributed by atoms with E-state index in [1.54, 1.807) is 25.1 Å². The third kappa shape index (κ3) is 3.82. The Kier molecular flexibility index (Phi) is 4.66. The zero-order valence-corrected chi connectivity index (χ0v) is 9.66. The number of pyridine rings is 1. The van der Waals surface area contributed by atoms with Gasteiger partial charge in [0.1, 0.15) is 5.15 Å². The lowest BCUT2D eigenvalue weighted by Crippen LogP contribution is -2.18. The van der Waals surface area contributed by atoms with E-state index in [9.17, 15) is 4.79 Å². The van der Waals surface area contributed by atoms with Crippen molar-refractivity contribution >= 4 is 23.2 Å². The van der Waals surface area contributed by atoms with E-state index in [4.69, 9.17) is 11.6 Å². The van der Waals surface area contributed by atoms with Gasteiger partial charge in [-0.2, -0.15) is 5.10 Å². The predicted molar refractivity (Wildman–Crippen MR) is 64.4 cm³/mol.